The molecule has 1 saturated heterocycles. The van der Waals surface area contributed by atoms with Crippen LogP contribution in [0.2, 0.25) is 0 Å². The van der Waals surface area contributed by atoms with Crippen LogP contribution in [0.25, 0.3) is 0 Å². The summed E-state index contributed by atoms with van der Waals surface area (Å²) in [7, 11) is 0. The average Bonchev–Trinajstić information content (AvgIpc) is 2.39. The molecule has 1 fully saturated rings. The summed E-state index contributed by atoms with van der Waals surface area (Å²) in [4.78, 5) is 4.00. The molecule has 0 radical (unpaired) electrons. The quantitative estimate of drug-likeness (QED) is 0.655. The first-order valence-corrected chi connectivity index (χ1v) is 5.23. The molecule has 16 heavy (non-hydrogen) atoms. The first kappa shape index (κ1) is 10.3. The highest BCUT2D eigenvalue weighted by Gasteiger charge is 2.15. The highest BCUT2D eigenvalue weighted by atomic mass is 15.3. The Bertz CT molecular complexity index is 430. The van der Waals surface area contributed by atoms with E-state index in [1.54, 1.807) is 4.90 Å². The summed E-state index contributed by atoms with van der Waals surface area (Å²) in [5.41, 5.74) is 1.80. The molecular weight excluding hydrogens is 200 g/mol. The lowest BCUT2D eigenvalue weighted by atomic mass is 10.2. The zero-order chi connectivity index (χ0) is 11.4. The van der Waals surface area contributed by atoms with Gasteiger partial charge < -0.3 is 9.80 Å². The second kappa shape index (κ2) is 4.55. The largest absolute Gasteiger partial charge is 0.368 e. The van der Waals surface area contributed by atoms with E-state index in [0.29, 0.717) is 5.56 Å². The maximum atomic E-state index is 8.74. The van der Waals surface area contributed by atoms with Crippen LogP contribution < -0.4 is 4.90 Å². The summed E-state index contributed by atoms with van der Waals surface area (Å²) >= 11 is 0. The van der Waals surface area contributed by atoms with Crippen LogP contribution in [-0.2, 0) is 0 Å². The Balaban J connectivity index is 2.04. The van der Waals surface area contributed by atoms with Gasteiger partial charge in [0.1, 0.15) is 0 Å². The normalized spacial score (nSPS) is 15.4. The van der Waals surface area contributed by atoms with Crippen molar-refractivity contribution in [2.45, 2.75) is 0 Å². The Morgan fingerprint density at radius 2 is 1.56 bits per heavy atom. The predicted octanol–water partition coefficient (Wildman–Crippen LogP) is 1.16. The van der Waals surface area contributed by atoms with Crippen LogP contribution in [0.15, 0.2) is 24.3 Å². The zero-order valence-electron chi connectivity index (χ0n) is 8.93. The van der Waals surface area contributed by atoms with E-state index in [9.17, 15) is 0 Å². The van der Waals surface area contributed by atoms with E-state index in [-0.39, 0.29) is 0 Å². The first-order chi connectivity index (χ1) is 7.83. The van der Waals surface area contributed by atoms with Crippen LogP contribution >= 0.6 is 0 Å². The van der Waals surface area contributed by atoms with Gasteiger partial charge in [0, 0.05) is 31.9 Å². The molecular formula is C12H12N4. The SMILES string of the molecule is N#Cc1ccc(N2CCN(C#N)CC2)cc1. The second-order valence-corrected chi connectivity index (χ2v) is 3.73. The molecule has 0 spiro atoms. The van der Waals surface area contributed by atoms with Crippen molar-refractivity contribution < 1.29 is 0 Å². The number of hydrogen-bond donors (Lipinski definition) is 0. The average molecular weight is 212 g/mol. The summed E-state index contributed by atoms with van der Waals surface area (Å²) in [5.74, 6) is 0. The van der Waals surface area contributed by atoms with Crippen molar-refractivity contribution in [3.8, 4) is 12.3 Å². The van der Waals surface area contributed by atoms with Gasteiger partial charge in [0.2, 0.25) is 0 Å². The standard InChI is InChI=1S/C12H12N4/c13-9-11-1-3-12(4-2-11)16-7-5-15(10-14)6-8-16/h1-4H,5-8H2. The molecule has 0 atom stereocenters. The van der Waals surface area contributed by atoms with E-state index in [0.717, 1.165) is 31.9 Å². The molecule has 80 valence electrons. The van der Waals surface area contributed by atoms with Crippen LogP contribution in [0.5, 0.6) is 0 Å². The minimum absolute atomic E-state index is 0.680. The lowest BCUT2D eigenvalue weighted by Crippen LogP contribution is -2.44. The van der Waals surface area contributed by atoms with Crippen molar-refractivity contribution in [2.24, 2.45) is 0 Å². The fourth-order valence-electron chi connectivity index (χ4n) is 1.81. The van der Waals surface area contributed by atoms with Gasteiger partial charge in [-0.2, -0.15) is 10.5 Å². The molecule has 1 aliphatic heterocycles. The summed E-state index contributed by atoms with van der Waals surface area (Å²) in [6.45, 7) is 3.27. The van der Waals surface area contributed by atoms with Crippen molar-refractivity contribution in [1.82, 2.24) is 4.90 Å². The van der Waals surface area contributed by atoms with E-state index in [2.05, 4.69) is 17.2 Å². The van der Waals surface area contributed by atoms with Gasteiger partial charge in [-0.3, -0.25) is 0 Å². The van der Waals surface area contributed by atoms with Crippen LogP contribution in [0, 0.1) is 22.8 Å². The third-order valence-electron chi connectivity index (χ3n) is 2.78. The Hall–Kier alpha value is -2.20. The van der Waals surface area contributed by atoms with Crippen LogP contribution in [0.3, 0.4) is 0 Å². The molecule has 0 bridgehead atoms. The molecule has 0 amide bonds. The van der Waals surface area contributed by atoms with Gasteiger partial charge in [-0.1, -0.05) is 0 Å². The van der Waals surface area contributed by atoms with Gasteiger partial charge >= 0.3 is 0 Å². The fourth-order valence-corrected chi connectivity index (χ4v) is 1.81. The summed E-state index contributed by atoms with van der Waals surface area (Å²) in [5, 5.41) is 17.4. The van der Waals surface area contributed by atoms with Crippen molar-refractivity contribution in [3.63, 3.8) is 0 Å². The van der Waals surface area contributed by atoms with Crippen molar-refractivity contribution >= 4 is 5.69 Å². The highest BCUT2D eigenvalue weighted by Crippen LogP contribution is 2.16. The van der Waals surface area contributed by atoms with Crippen LogP contribution in [0.4, 0.5) is 5.69 Å². The molecule has 0 N–H and O–H groups in total. The number of hydrogen-bond acceptors (Lipinski definition) is 4. The monoisotopic (exact) mass is 212 g/mol. The van der Waals surface area contributed by atoms with E-state index in [4.69, 9.17) is 10.5 Å². The van der Waals surface area contributed by atoms with E-state index >= 15 is 0 Å². The molecule has 0 unspecified atom stereocenters. The molecule has 0 aliphatic carbocycles. The van der Waals surface area contributed by atoms with Gasteiger partial charge in [0.25, 0.3) is 0 Å². The van der Waals surface area contributed by atoms with E-state index in [1.807, 2.05) is 24.3 Å². The minimum Gasteiger partial charge on any atom is -0.368 e. The van der Waals surface area contributed by atoms with Crippen LogP contribution in [-0.4, -0.2) is 31.1 Å². The third-order valence-corrected chi connectivity index (χ3v) is 2.78. The zero-order valence-corrected chi connectivity index (χ0v) is 8.93. The summed E-state index contributed by atoms with van der Waals surface area (Å²) < 4.78 is 0. The van der Waals surface area contributed by atoms with Crippen LogP contribution in [0.1, 0.15) is 5.56 Å². The number of nitrogens with zero attached hydrogens (tertiary/aromatic N) is 4. The molecule has 2 rings (SSSR count). The van der Waals surface area contributed by atoms with E-state index < -0.39 is 0 Å². The molecule has 4 heteroatoms. The fraction of sp³-hybridized carbons (Fsp3) is 0.333. The third kappa shape index (κ3) is 2.07. The molecule has 0 saturated carbocycles. The lowest BCUT2D eigenvalue weighted by molar-refractivity contribution is 0.363. The number of anilines is 1. The Morgan fingerprint density at radius 1 is 0.938 bits per heavy atom. The maximum Gasteiger partial charge on any atom is 0.179 e. The van der Waals surface area contributed by atoms with Crippen molar-refractivity contribution in [1.29, 1.82) is 10.5 Å². The Kier molecular flexibility index (Phi) is 2.93. The van der Waals surface area contributed by atoms with Gasteiger partial charge in [-0.25, -0.2) is 0 Å². The molecule has 1 heterocycles. The molecule has 4 nitrogen and oxygen atoms in total. The first-order valence-electron chi connectivity index (χ1n) is 5.23. The summed E-state index contributed by atoms with van der Waals surface area (Å²) in [6.07, 6.45) is 2.16. The molecule has 1 aliphatic rings. The number of benzene rings is 1. The van der Waals surface area contributed by atoms with Crippen molar-refractivity contribution in [2.75, 3.05) is 31.1 Å². The summed E-state index contributed by atoms with van der Waals surface area (Å²) in [6, 6.07) is 9.67. The van der Waals surface area contributed by atoms with E-state index in [1.165, 1.54) is 0 Å². The number of rotatable bonds is 1. The molecule has 0 aromatic heterocycles. The number of piperazine rings is 1. The topological polar surface area (TPSA) is 54.1 Å². The predicted molar refractivity (Wildman–Crippen MR) is 60.6 cm³/mol. The van der Waals surface area contributed by atoms with Gasteiger partial charge in [-0.15, -0.1) is 0 Å². The number of nitriles is 2. The second-order valence-electron chi connectivity index (χ2n) is 3.73. The van der Waals surface area contributed by atoms with Crippen molar-refractivity contribution in [3.05, 3.63) is 29.8 Å². The Labute approximate surface area is 94.9 Å². The maximum absolute atomic E-state index is 8.74. The smallest absolute Gasteiger partial charge is 0.179 e. The van der Waals surface area contributed by atoms with Gasteiger partial charge in [-0.05, 0) is 24.3 Å². The van der Waals surface area contributed by atoms with Gasteiger partial charge in [0.15, 0.2) is 6.19 Å². The Morgan fingerprint density at radius 3 is 2.06 bits per heavy atom. The van der Waals surface area contributed by atoms with Gasteiger partial charge in [0.05, 0.1) is 11.6 Å². The highest BCUT2D eigenvalue weighted by molar-refractivity contribution is 5.50. The molecule has 1 aromatic rings. The molecule has 1 aromatic carbocycles. The lowest BCUT2D eigenvalue weighted by Gasteiger charge is -2.33. The minimum atomic E-state index is 0.680.